The van der Waals surface area contributed by atoms with Gasteiger partial charge in [-0.05, 0) is 75.6 Å². The molecule has 2 aliphatic rings. The maximum atomic E-state index is 13.3. The van der Waals surface area contributed by atoms with Gasteiger partial charge >= 0.3 is 6.09 Å². The molecule has 0 saturated heterocycles. The molecule has 1 aromatic heterocycles. The Hall–Kier alpha value is -3.55. The number of carbonyl (C=O) groups excluding carboxylic acids is 1. The number of nitrogens with zero attached hydrogens (tertiary/aromatic N) is 1. The van der Waals surface area contributed by atoms with Crippen molar-refractivity contribution in [3.63, 3.8) is 0 Å². The third-order valence-electron chi connectivity index (χ3n) is 6.67. The van der Waals surface area contributed by atoms with E-state index in [1.807, 2.05) is 25.1 Å². The van der Waals surface area contributed by atoms with Crippen LogP contribution in [0, 0.1) is 6.92 Å². The number of rotatable bonds is 4. The summed E-state index contributed by atoms with van der Waals surface area (Å²) in [7, 11) is 1.60. The maximum Gasteiger partial charge on any atom is 0.404 e. The topological polar surface area (TPSA) is 110 Å². The molecular weight excluding hydrogens is 446 g/mol. The average molecular weight is 480 g/mol. The summed E-state index contributed by atoms with van der Waals surface area (Å²) in [6.07, 6.45) is 8.55. The van der Waals surface area contributed by atoms with Crippen LogP contribution in [-0.4, -0.2) is 41.3 Å². The van der Waals surface area contributed by atoms with E-state index >= 15 is 0 Å². The largest absolute Gasteiger partial charge is 0.490 e. The molecule has 1 aliphatic carbocycles. The highest BCUT2D eigenvalue weighted by molar-refractivity contribution is 5.96. The lowest BCUT2D eigenvalue weighted by molar-refractivity contribution is 0.0947. The second-order valence-corrected chi connectivity index (χ2v) is 9.13. The van der Waals surface area contributed by atoms with Crippen LogP contribution in [0.25, 0.3) is 0 Å². The highest BCUT2D eigenvalue weighted by Gasteiger charge is 2.25. The van der Waals surface area contributed by atoms with Crippen LogP contribution in [0.2, 0.25) is 0 Å². The van der Waals surface area contributed by atoms with Crippen molar-refractivity contribution < 1.29 is 24.2 Å². The molecule has 2 heterocycles. The van der Waals surface area contributed by atoms with Gasteiger partial charge in [0, 0.05) is 35.0 Å². The first-order valence-electron chi connectivity index (χ1n) is 12.2. The fourth-order valence-electron chi connectivity index (χ4n) is 4.92. The molecule has 1 saturated carbocycles. The van der Waals surface area contributed by atoms with Crippen molar-refractivity contribution in [3.8, 4) is 11.6 Å². The standard InChI is InChI=1S/C27H33N3O5/c1-17-15-18-7-4-3-5-8-21-22(25(31)28-16-23(18)26(29-17)34-2)9-6-10-24(21)35-20-13-11-19(12-14-20)30-27(32)33/h3,5-6,9-10,15,19-20,30H,4,7-8,11-14,16H2,1-2H3,(H,28,31)(H,32,33)/b5-3-. The van der Waals surface area contributed by atoms with Crippen LogP contribution >= 0.6 is 0 Å². The molecule has 0 spiro atoms. The molecule has 0 unspecified atom stereocenters. The Balaban J connectivity index is 1.55. The Morgan fingerprint density at radius 3 is 2.71 bits per heavy atom. The molecule has 2 amide bonds. The predicted molar refractivity (Wildman–Crippen MR) is 132 cm³/mol. The van der Waals surface area contributed by atoms with Crippen molar-refractivity contribution in [2.75, 3.05) is 7.11 Å². The van der Waals surface area contributed by atoms with Gasteiger partial charge < -0.3 is 25.2 Å². The number of hydrogen-bond donors (Lipinski definition) is 3. The second kappa shape index (κ2) is 11.3. The van der Waals surface area contributed by atoms with Gasteiger partial charge in [-0.25, -0.2) is 9.78 Å². The van der Waals surface area contributed by atoms with Gasteiger partial charge in [0.1, 0.15) is 5.75 Å². The van der Waals surface area contributed by atoms with Crippen molar-refractivity contribution in [2.24, 2.45) is 0 Å². The SMILES string of the molecule is COc1nc(C)cc2c1CNC(=O)c1cccc(OC3CCC(NC(=O)O)CC3)c1C/C=C\CC2. The van der Waals surface area contributed by atoms with E-state index < -0.39 is 6.09 Å². The molecule has 2 aromatic rings. The summed E-state index contributed by atoms with van der Waals surface area (Å²) in [5, 5.41) is 14.6. The molecule has 0 bridgehead atoms. The lowest BCUT2D eigenvalue weighted by Gasteiger charge is -2.29. The van der Waals surface area contributed by atoms with E-state index in [4.69, 9.17) is 14.6 Å². The van der Waals surface area contributed by atoms with E-state index in [2.05, 4.69) is 33.8 Å². The Bertz CT molecular complexity index is 1110. The summed E-state index contributed by atoms with van der Waals surface area (Å²) in [5.41, 5.74) is 4.38. The average Bonchev–Trinajstić information content (AvgIpc) is 2.83. The summed E-state index contributed by atoms with van der Waals surface area (Å²) in [6.45, 7) is 2.28. The molecular formula is C27H33N3O5. The summed E-state index contributed by atoms with van der Waals surface area (Å²) in [4.78, 5) is 28.7. The number of carbonyl (C=O) groups is 2. The summed E-state index contributed by atoms with van der Waals surface area (Å²) < 4.78 is 11.9. The number of ether oxygens (including phenoxy) is 2. The predicted octanol–water partition coefficient (Wildman–Crippen LogP) is 4.33. The Morgan fingerprint density at radius 2 is 1.97 bits per heavy atom. The van der Waals surface area contributed by atoms with Gasteiger partial charge in [0.05, 0.1) is 13.2 Å². The fraction of sp³-hybridized carbons (Fsp3) is 0.444. The number of pyridine rings is 1. The molecule has 186 valence electrons. The number of nitrogens with one attached hydrogen (secondary N) is 2. The van der Waals surface area contributed by atoms with Gasteiger partial charge in [-0.1, -0.05) is 18.2 Å². The van der Waals surface area contributed by atoms with Gasteiger partial charge in [-0.2, -0.15) is 0 Å². The number of carboxylic acid groups (broad SMARTS) is 1. The molecule has 8 nitrogen and oxygen atoms in total. The minimum absolute atomic E-state index is 0.00720. The fourth-order valence-corrected chi connectivity index (χ4v) is 4.92. The van der Waals surface area contributed by atoms with Crippen molar-refractivity contribution in [1.29, 1.82) is 0 Å². The zero-order chi connectivity index (χ0) is 24.8. The first kappa shape index (κ1) is 24.6. The van der Waals surface area contributed by atoms with Crippen molar-refractivity contribution in [1.82, 2.24) is 15.6 Å². The Labute approximate surface area is 205 Å². The quantitative estimate of drug-likeness (QED) is 0.563. The number of benzene rings is 1. The van der Waals surface area contributed by atoms with E-state index in [9.17, 15) is 9.59 Å². The number of methoxy groups -OCH3 is 1. The molecule has 1 aliphatic heterocycles. The highest BCUT2D eigenvalue weighted by Crippen LogP contribution is 2.30. The highest BCUT2D eigenvalue weighted by atomic mass is 16.5. The van der Waals surface area contributed by atoms with Crippen LogP contribution in [0.3, 0.4) is 0 Å². The number of allylic oxidation sites excluding steroid dienone is 2. The zero-order valence-electron chi connectivity index (χ0n) is 20.3. The number of fused-ring (bicyclic) bond motifs is 2. The normalized spacial score (nSPS) is 21.3. The second-order valence-electron chi connectivity index (χ2n) is 9.13. The molecule has 1 fully saturated rings. The number of amides is 2. The summed E-state index contributed by atoms with van der Waals surface area (Å²) >= 11 is 0. The van der Waals surface area contributed by atoms with E-state index in [0.717, 1.165) is 60.9 Å². The van der Waals surface area contributed by atoms with E-state index in [0.29, 0.717) is 30.2 Å². The van der Waals surface area contributed by atoms with Crippen molar-refractivity contribution >= 4 is 12.0 Å². The smallest absolute Gasteiger partial charge is 0.404 e. The monoisotopic (exact) mass is 479 g/mol. The van der Waals surface area contributed by atoms with Crippen molar-refractivity contribution in [3.05, 3.63) is 64.4 Å². The first-order valence-corrected chi connectivity index (χ1v) is 12.2. The Kier molecular flexibility index (Phi) is 7.90. The number of hydrogen-bond acceptors (Lipinski definition) is 5. The van der Waals surface area contributed by atoms with E-state index in [1.165, 1.54) is 0 Å². The molecule has 8 heteroatoms. The third-order valence-corrected chi connectivity index (χ3v) is 6.67. The number of aryl methyl sites for hydroxylation is 2. The lowest BCUT2D eigenvalue weighted by Crippen LogP contribution is -2.39. The molecule has 0 atom stereocenters. The van der Waals surface area contributed by atoms with Crippen LogP contribution in [0.5, 0.6) is 11.6 Å². The van der Waals surface area contributed by atoms with Crippen LogP contribution < -0.4 is 20.1 Å². The third kappa shape index (κ3) is 6.12. The summed E-state index contributed by atoms with van der Waals surface area (Å²) in [6, 6.07) is 7.62. The van der Waals surface area contributed by atoms with Gasteiger partial charge in [-0.15, -0.1) is 0 Å². The Morgan fingerprint density at radius 1 is 1.17 bits per heavy atom. The molecule has 3 N–H and O–H groups in total. The van der Waals surface area contributed by atoms with Gasteiger partial charge in [0.15, 0.2) is 0 Å². The van der Waals surface area contributed by atoms with E-state index in [-0.39, 0.29) is 18.1 Å². The van der Waals surface area contributed by atoms with Crippen LogP contribution in [0.4, 0.5) is 4.79 Å². The minimum atomic E-state index is -0.985. The van der Waals surface area contributed by atoms with Crippen LogP contribution in [0.1, 0.15) is 64.8 Å². The van der Waals surface area contributed by atoms with Gasteiger partial charge in [-0.3, -0.25) is 4.79 Å². The first-order chi connectivity index (χ1) is 16.9. The van der Waals surface area contributed by atoms with Crippen molar-refractivity contribution in [2.45, 2.75) is 70.6 Å². The zero-order valence-corrected chi connectivity index (χ0v) is 20.3. The van der Waals surface area contributed by atoms with Gasteiger partial charge in [0.2, 0.25) is 5.88 Å². The number of aromatic nitrogens is 1. The molecule has 35 heavy (non-hydrogen) atoms. The maximum absolute atomic E-state index is 13.3. The lowest BCUT2D eigenvalue weighted by atomic mass is 9.92. The van der Waals surface area contributed by atoms with Gasteiger partial charge in [0.25, 0.3) is 5.91 Å². The molecule has 4 rings (SSSR count). The molecule has 0 radical (unpaired) electrons. The minimum Gasteiger partial charge on any atom is -0.490 e. The van der Waals surface area contributed by atoms with Crippen LogP contribution in [-0.2, 0) is 19.4 Å². The summed E-state index contributed by atoms with van der Waals surface area (Å²) in [5.74, 6) is 1.10. The molecule has 1 aromatic carbocycles. The van der Waals surface area contributed by atoms with Crippen LogP contribution in [0.15, 0.2) is 36.4 Å². The van der Waals surface area contributed by atoms with E-state index in [1.54, 1.807) is 7.11 Å².